The Labute approximate surface area is 152 Å². The molecule has 0 aliphatic heterocycles. The summed E-state index contributed by atoms with van der Waals surface area (Å²) in [6.45, 7) is 3.30. The van der Waals surface area contributed by atoms with Crippen molar-refractivity contribution in [2.45, 2.75) is 24.9 Å². The van der Waals surface area contributed by atoms with E-state index >= 15 is 0 Å². The fourth-order valence-electron chi connectivity index (χ4n) is 2.68. The SMILES string of the molecule is CCn1cc(-c2ccncc2)cc1C(=O)NCc1ccc(SC)cc1. The molecule has 0 bridgehead atoms. The summed E-state index contributed by atoms with van der Waals surface area (Å²) in [6, 6.07) is 14.1. The van der Waals surface area contributed by atoms with Crippen LogP contribution in [0.1, 0.15) is 23.0 Å². The Balaban J connectivity index is 1.73. The Morgan fingerprint density at radius 3 is 2.48 bits per heavy atom. The molecule has 0 atom stereocenters. The predicted octanol–water partition coefficient (Wildman–Crippen LogP) is 4.22. The number of pyridine rings is 1. The van der Waals surface area contributed by atoms with Crippen LogP contribution in [0.4, 0.5) is 0 Å². The van der Waals surface area contributed by atoms with Crippen LogP contribution in [0.2, 0.25) is 0 Å². The summed E-state index contributed by atoms with van der Waals surface area (Å²) < 4.78 is 1.97. The van der Waals surface area contributed by atoms with Crippen molar-refractivity contribution in [3.63, 3.8) is 0 Å². The van der Waals surface area contributed by atoms with E-state index in [4.69, 9.17) is 0 Å². The molecule has 5 heteroatoms. The van der Waals surface area contributed by atoms with Gasteiger partial charge in [0.15, 0.2) is 0 Å². The van der Waals surface area contributed by atoms with Gasteiger partial charge < -0.3 is 9.88 Å². The smallest absolute Gasteiger partial charge is 0.268 e. The number of hydrogen-bond acceptors (Lipinski definition) is 3. The molecule has 0 saturated carbocycles. The zero-order valence-corrected chi connectivity index (χ0v) is 15.2. The fourth-order valence-corrected chi connectivity index (χ4v) is 3.09. The van der Waals surface area contributed by atoms with E-state index in [2.05, 4.69) is 28.7 Å². The largest absolute Gasteiger partial charge is 0.347 e. The van der Waals surface area contributed by atoms with Crippen LogP contribution >= 0.6 is 11.8 Å². The molecule has 4 nitrogen and oxygen atoms in total. The van der Waals surface area contributed by atoms with E-state index in [0.717, 1.165) is 23.2 Å². The number of benzene rings is 1. The van der Waals surface area contributed by atoms with Crippen LogP contribution in [0, 0.1) is 0 Å². The first-order valence-electron chi connectivity index (χ1n) is 8.23. The lowest BCUT2D eigenvalue weighted by atomic mass is 10.1. The Bertz CT molecular complexity index is 841. The lowest BCUT2D eigenvalue weighted by Gasteiger charge is -2.08. The fraction of sp³-hybridized carbons (Fsp3) is 0.200. The van der Waals surface area contributed by atoms with Gasteiger partial charge in [-0.15, -0.1) is 11.8 Å². The van der Waals surface area contributed by atoms with E-state index in [1.165, 1.54) is 4.90 Å². The topological polar surface area (TPSA) is 46.9 Å². The summed E-state index contributed by atoms with van der Waals surface area (Å²) >= 11 is 1.71. The zero-order valence-electron chi connectivity index (χ0n) is 14.4. The molecule has 0 fully saturated rings. The molecule has 1 aromatic carbocycles. The summed E-state index contributed by atoms with van der Waals surface area (Å²) in [7, 11) is 0. The van der Waals surface area contributed by atoms with Gasteiger partial charge in [-0.1, -0.05) is 12.1 Å². The zero-order chi connectivity index (χ0) is 17.6. The molecular weight excluding hydrogens is 330 g/mol. The van der Waals surface area contributed by atoms with E-state index in [9.17, 15) is 4.79 Å². The molecule has 128 valence electrons. The van der Waals surface area contributed by atoms with Crippen LogP contribution in [0.15, 0.2) is 66.0 Å². The van der Waals surface area contributed by atoms with Crippen LogP contribution < -0.4 is 5.32 Å². The van der Waals surface area contributed by atoms with Crippen LogP contribution in [-0.4, -0.2) is 21.7 Å². The first kappa shape index (κ1) is 17.3. The van der Waals surface area contributed by atoms with E-state index in [-0.39, 0.29) is 5.91 Å². The molecule has 3 aromatic rings. The number of rotatable bonds is 6. The van der Waals surface area contributed by atoms with E-state index in [1.807, 2.05) is 48.0 Å². The number of carbonyl (C=O) groups excluding carboxylic acids is 1. The predicted molar refractivity (Wildman–Crippen MR) is 103 cm³/mol. The molecule has 1 amide bonds. The minimum absolute atomic E-state index is 0.0592. The third-order valence-electron chi connectivity index (χ3n) is 4.10. The number of aromatic nitrogens is 2. The number of nitrogens with one attached hydrogen (secondary N) is 1. The van der Waals surface area contributed by atoms with Crippen molar-refractivity contribution in [1.82, 2.24) is 14.9 Å². The molecule has 2 aromatic heterocycles. The Morgan fingerprint density at radius 1 is 1.12 bits per heavy atom. The number of nitrogens with zero attached hydrogens (tertiary/aromatic N) is 2. The number of aryl methyl sites for hydroxylation is 1. The highest BCUT2D eigenvalue weighted by atomic mass is 32.2. The van der Waals surface area contributed by atoms with Crippen LogP contribution in [0.5, 0.6) is 0 Å². The lowest BCUT2D eigenvalue weighted by molar-refractivity contribution is 0.0941. The molecule has 2 heterocycles. The van der Waals surface area contributed by atoms with E-state index < -0.39 is 0 Å². The summed E-state index contributed by atoms with van der Waals surface area (Å²) in [5.41, 5.74) is 3.85. The van der Waals surface area contributed by atoms with Crippen molar-refractivity contribution in [1.29, 1.82) is 0 Å². The molecule has 0 radical (unpaired) electrons. The van der Waals surface area contributed by atoms with E-state index in [0.29, 0.717) is 12.2 Å². The van der Waals surface area contributed by atoms with Gasteiger partial charge in [0.05, 0.1) is 0 Å². The van der Waals surface area contributed by atoms with Crippen molar-refractivity contribution in [2.24, 2.45) is 0 Å². The second-order valence-electron chi connectivity index (χ2n) is 5.67. The maximum absolute atomic E-state index is 12.6. The van der Waals surface area contributed by atoms with Gasteiger partial charge in [0.2, 0.25) is 0 Å². The third-order valence-corrected chi connectivity index (χ3v) is 4.84. The highest BCUT2D eigenvalue weighted by molar-refractivity contribution is 7.98. The van der Waals surface area contributed by atoms with Crippen molar-refractivity contribution in [2.75, 3.05) is 6.26 Å². The van der Waals surface area contributed by atoms with Gasteiger partial charge in [-0.05, 0) is 54.6 Å². The van der Waals surface area contributed by atoms with Crippen LogP contribution in [-0.2, 0) is 13.1 Å². The Kier molecular flexibility index (Phi) is 5.56. The third kappa shape index (κ3) is 4.12. The van der Waals surface area contributed by atoms with Gasteiger partial charge in [-0.25, -0.2) is 0 Å². The van der Waals surface area contributed by atoms with Gasteiger partial charge in [0, 0.05) is 42.1 Å². The number of thioether (sulfide) groups is 1. The molecule has 1 N–H and O–H groups in total. The van der Waals surface area contributed by atoms with Crippen LogP contribution in [0.25, 0.3) is 11.1 Å². The summed E-state index contributed by atoms with van der Waals surface area (Å²) in [6.07, 6.45) is 7.58. The maximum atomic E-state index is 12.6. The van der Waals surface area contributed by atoms with Gasteiger partial charge >= 0.3 is 0 Å². The molecule has 0 aliphatic carbocycles. The quantitative estimate of drug-likeness (QED) is 0.676. The molecule has 0 unspecified atom stereocenters. The number of amides is 1. The second kappa shape index (κ2) is 8.03. The normalized spacial score (nSPS) is 10.6. The van der Waals surface area contributed by atoms with Crippen molar-refractivity contribution < 1.29 is 4.79 Å². The number of hydrogen-bond donors (Lipinski definition) is 1. The molecular formula is C20H21N3OS. The molecule has 25 heavy (non-hydrogen) atoms. The van der Waals surface area contributed by atoms with Gasteiger partial charge in [0.1, 0.15) is 5.69 Å². The molecule has 3 rings (SSSR count). The van der Waals surface area contributed by atoms with Crippen molar-refractivity contribution >= 4 is 17.7 Å². The highest BCUT2D eigenvalue weighted by Crippen LogP contribution is 2.22. The van der Waals surface area contributed by atoms with Crippen molar-refractivity contribution in [3.05, 3.63) is 72.3 Å². The minimum atomic E-state index is -0.0592. The minimum Gasteiger partial charge on any atom is -0.347 e. The van der Waals surface area contributed by atoms with Gasteiger partial charge in [-0.2, -0.15) is 0 Å². The summed E-state index contributed by atoms with van der Waals surface area (Å²) in [5.74, 6) is -0.0592. The van der Waals surface area contributed by atoms with Crippen LogP contribution in [0.3, 0.4) is 0 Å². The Morgan fingerprint density at radius 2 is 1.84 bits per heavy atom. The first-order valence-corrected chi connectivity index (χ1v) is 9.45. The number of carbonyl (C=O) groups is 1. The van der Waals surface area contributed by atoms with Crippen molar-refractivity contribution in [3.8, 4) is 11.1 Å². The summed E-state index contributed by atoms with van der Waals surface area (Å²) in [4.78, 5) is 17.9. The summed E-state index contributed by atoms with van der Waals surface area (Å²) in [5, 5.41) is 3.01. The highest BCUT2D eigenvalue weighted by Gasteiger charge is 2.13. The average Bonchev–Trinajstić information content (AvgIpc) is 3.12. The second-order valence-corrected chi connectivity index (χ2v) is 6.55. The standard InChI is InChI=1S/C20H21N3OS/c1-3-23-14-17(16-8-10-21-11-9-16)12-19(23)20(24)22-13-15-4-6-18(25-2)7-5-15/h4-12,14H,3,13H2,1-2H3,(H,22,24). The molecule has 0 aliphatic rings. The Hall–Kier alpha value is -2.53. The van der Waals surface area contributed by atoms with Gasteiger partial charge in [-0.3, -0.25) is 9.78 Å². The molecule has 0 spiro atoms. The average molecular weight is 351 g/mol. The van der Waals surface area contributed by atoms with Gasteiger partial charge in [0.25, 0.3) is 5.91 Å². The first-order chi connectivity index (χ1) is 12.2. The monoisotopic (exact) mass is 351 g/mol. The van der Waals surface area contributed by atoms with E-state index in [1.54, 1.807) is 24.2 Å². The maximum Gasteiger partial charge on any atom is 0.268 e. The lowest BCUT2D eigenvalue weighted by Crippen LogP contribution is -2.25. The molecule has 0 saturated heterocycles.